The van der Waals surface area contributed by atoms with Crippen LogP contribution in [0.5, 0.6) is 0 Å². The van der Waals surface area contributed by atoms with Crippen LogP contribution in [0.2, 0.25) is 0 Å². The van der Waals surface area contributed by atoms with Crippen molar-refractivity contribution in [3.8, 4) is 6.07 Å². The minimum atomic E-state index is -0.716. The molecule has 0 saturated carbocycles. The highest BCUT2D eigenvalue weighted by Gasteiger charge is 2.14. The molecular formula is C12H14F2N2. The van der Waals surface area contributed by atoms with Gasteiger partial charge in [0.15, 0.2) is 0 Å². The molecule has 0 aliphatic heterocycles. The summed E-state index contributed by atoms with van der Waals surface area (Å²) in [5.74, 6) is -1.32. The van der Waals surface area contributed by atoms with Crippen molar-refractivity contribution >= 4 is 0 Å². The number of hydrogen-bond donors (Lipinski definition) is 1. The van der Waals surface area contributed by atoms with Gasteiger partial charge in [0, 0.05) is 11.6 Å². The number of nitrogens with one attached hydrogen (secondary N) is 1. The van der Waals surface area contributed by atoms with Gasteiger partial charge in [0.1, 0.15) is 17.7 Å². The van der Waals surface area contributed by atoms with Gasteiger partial charge in [-0.2, -0.15) is 5.26 Å². The number of nitriles is 1. The van der Waals surface area contributed by atoms with Crippen molar-refractivity contribution in [3.05, 3.63) is 35.4 Å². The van der Waals surface area contributed by atoms with Crippen LogP contribution in [0.15, 0.2) is 18.2 Å². The van der Waals surface area contributed by atoms with E-state index in [4.69, 9.17) is 5.26 Å². The zero-order chi connectivity index (χ0) is 12.0. The fourth-order valence-electron chi connectivity index (χ4n) is 1.38. The predicted octanol–water partition coefficient (Wildman–Crippen LogP) is 2.92. The second-order valence-electron chi connectivity index (χ2n) is 3.54. The first kappa shape index (κ1) is 12.6. The van der Waals surface area contributed by atoms with Crippen molar-refractivity contribution in [2.24, 2.45) is 0 Å². The molecule has 1 aromatic carbocycles. The average molecular weight is 224 g/mol. The van der Waals surface area contributed by atoms with Crippen molar-refractivity contribution in [2.75, 3.05) is 6.54 Å². The lowest BCUT2D eigenvalue weighted by atomic mass is 10.1. The fourth-order valence-corrected chi connectivity index (χ4v) is 1.38. The number of hydrogen-bond acceptors (Lipinski definition) is 2. The lowest BCUT2D eigenvalue weighted by Crippen LogP contribution is -2.22. The van der Waals surface area contributed by atoms with Crippen LogP contribution < -0.4 is 5.32 Å². The Balaban J connectivity index is 2.76. The van der Waals surface area contributed by atoms with E-state index in [2.05, 4.69) is 5.32 Å². The summed E-state index contributed by atoms with van der Waals surface area (Å²) in [6.45, 7) is 2.67. The third-order valence-corrected chi connectivity index (χ3v) is 2.28. The monoisotopic (exact) mass is 224 g/mol. The van der Waals surface area contributed by atoms with E-state index in [1.54, 1.807) is 0 Å². The Labute approximate surface area is 93.9 Å². The average Bonchev–Trinajstić information content (AvgIpc) is 2.26. The maximum Gasteiger partial charge on any atom is 0.131 e. The molecular weight excluding hydrogens is 210 g/mol. The number of halogens is 2. The maximum absolute atomic E-state index is 13.4. The standard InChI is InChI=1S/C12H14F2N2/c1-2-3-6-16-12(8-15)10-5-4-9(13)7-11(10)14/h4-5,7,12,16H,2-3,6H2,1H3. The molecule has 0 heterocycles. The van der Waals surface area contributed by atoms with Crippen LogP contribution in [0.4, 0.5) is 8.78 Å². The third kappa shape index (κ3) is 3.28. The zero-order valence-corrected chi connectivity index (χ0v) is 9.13. The molecule has 0 saturated heterocycles. The molecule has 4 heteroatoms. The molecule has 1 rings (SSSR count). The van der Waals surface area contributed by atoms with Gasteiger partial charge in [0.2, 0.25) is 0 Å². The van der Waals surface area contributed by atoms with Gasteiger partial charge >= 0.3 is 0 Å². The molecule has 0 aliphatic carbocycles. The van der Waals surface area contributed by atoms with Crippen molar-refractivity contribution in [1.82, 2.24) is 5.32 Å². The van der Waals surface area contributed by atoms with E-state index in [1.165, 1.54) is 6.07 Å². The molecule has 1 unspecified atom stereocenters. The molecule has 0 amide bonds. The molecule has 0 aromatic heterocycles. The molecule has 0 bridgehead atoms. The van der Waals surface area contributed by atoms with Crippen LogP contribution in [0, 0.1) is 23.0 Å². The number of benzene rings is 1. The lowest BCUT2D eigenvalue weighted by Gasteiger charge is -2.12. The molecule has 1 atom stereocenters. The van der Waals surface area contributed by atoms with E-state index in [-0.39, 0.29) is 5.56 Å². The van der Waals surface area contributed by atoms with E-state index in [1.807, 2.05) is 13.0 Å². The Morgan fingerprint density at radius 1 is 1.44 bits per heavy atom. The summed E-state index contributed by atoms with van der Waals surface area (Å²) in [4.78, 5) is 0. The van der Waals surface area contributed by atoms with E-state index in [0.717, 1.165) is 25.0 Å². The minimum absolute atomic E-state index is 0.194. The quantitative estimate of drug-likeness (QED) is 0.780. The van der Waals surface area contributed by atoms with Gasteiger partial charge in [-0.3, -0.25) is 5.32 Å². The largest absolute Gasteiger partial charge is 0.298 e. The van der Waals surface area contributed by atoms with Gasteiger partial charge < -0.3 is 0 Å². The van der Waals surface area contributed by atoms with Crippen LogP contribution >= 0.6 is 0 Å². The first-order chi connectivity index (χ1) is 7.69. The van der Waals surface area contributed by atoms with E-state index >= 15 is 0 Å². The molecule has 86 valence electrons. The van der Waals surface area contributed by atoms with Gasteiger partial charge in [0.25, 0.3) is 0 Å². The van der Waals surface area contributed by atoms with Crippen LogP contribution in [0.25, 0.3) is 0 Å². The van der Waals surface area contributed by atoms with Crippen molar-refractivity contribution < 1.29 is 8.78 Å². The summed E-state index contributed by atoms with van der Waals surface area (Å²) in [6, 6.07) is 4.50. The Morgan fingerprint density at radius 2 is 2.19 bits per heavy atom. The van der Waals surface area contributed by atoms with Crippen LogP contribution in [-0.2, 0) is 0 Å². The number of unbranched alkanes of at least 4 members (excludes halogenated alkanes) is 1. The van der Waals surface area contributed by atoms with Gasteiger partial charge in [-0.25, -0.2) is 8.78 Å². The SMILES string of the molecule is CCCCNC(C#N)c1ccc(F)cc1F. The lowest BCUT2D eigenvalue weighted by molar-refractivity contribution is 0.537. The number of rotatable bonds is 5. The molecule has 1 N–H and O–H groups in total. The normalized spacial score (nSPS) is 12.1. The summed E-state index contributed by atoms with van der Waals surface area (Å²) in [5, 5.41) is 11.8. The topological polar surface area (TPSA) is 35.8 Å². The summed E-state index contributed by atoms with van der Waals surface area (Å²) in [5.41, 5.74) is 0.194. The molecule has 0 radical (unpaired) electrons. The zero-order valence-electron chi connectivity index (χ0n) is 9.13. The first-order valence-electron chi connectivity index (χ1n) is 5.27. The summed E-state index contributed by atoms with van der Waals surface area (Å²) < 4.78 is 26.0. The van der Waals surface area contributed by atoms with Crippen LogP contribution in [0.1, 0.15) is 31.4 Å². The third-order valence-electron chi connectivity index (χ3n) is 2.28. The molecule has 1 aromatic rings. The highest BCUT2D eigenvalue weighted by molar-refractivity contribution is 5.26. The smallest absolute Gasteiger partial charge is 0.131 e. The number of nitrogens with zero attached hydrogens (tertiary/aromatic N) is 1. The van der Waals surface area contributed by atoms with Crippen molar-refractivity contribution in [1.29, 1.82) is 5.26 Å². The van der Waals surface area contributed by atoms with Gasteiger partial charge in [-0.1, -0.05) is 19.4 Å². The molecule has 2 nitrogen and oxygen atoms in total. The van der Waals surface area contributed by atoms with E-state index in [9.17, 15) is 8.78 Å². The molecule has 0 aliphatic rings. The Morgan fingerprint density at radius 3 is 2.75 bits per heavy atom. The minimum Gasteiger partial charge on any atom is -0.298 e. The Bertz CT molecular complexity index is 385. The van der Waals surface area contributed by atoms with Crippen molar-refractivity contribution in [3.63, 3.8) is 0 Å². The Hall–Kier alpha value is -1.47. The molecule has 0 fully saturated rings. The van der Waals surface area contributed by atoms with Gasteiger partial charge in [-0.15, -0.1) is 0 Å². The molecule has 16 heavy (non-hydrogen) atoms. The van der Waals surface area contributed by atoms with E-state index < -0.39 is 17.7 Å². The highest BCUT2D eigenvalue weighted by atomic mass is 19.1. The molecule has 0 spiro atoms. The van der Waals surface area contributed by atoms with Gasteiger partial charge in [0.05, 0.1) is 6.07 Å². The fraction of sp³-hybridized carbons (Fsp3) is 0.417. The second kappa shape index (κ2) is 6.19. The first-order valence-corrected chi connectivity index (χ1v) is 5.27. The van der Waals surface area contributed by atoms with E-state index in [0.29, 0.717) is 6.54 Å². The van der Waals surface area contributed by atoms with Crippen LogP contribution in [-0.4, -0.2) is 6.54 Å². The second-order valence-corrected chi connectivity index (χ2v) is 3.54. The maximum atomic E-state index is 13.4. The predicted molar refractivity (Wildman–Crippen MR) is 57.6 cm³/mol. The highest BCUT2D eigenvalue weighted by Crippen LogP contribution is 2.17. The van der Waals surface area contributed by atoms with Crippen LogP contribution in [0.3, 0.4) is 0 Å². The summed E-state index contributed by atoms with van der Waals surface area (Å²) >= 11 is 0. The van der Waals surface area contributed by atoms with Gasteiger partial charge in [-0.05, 0) is 19.0 Å². The summed E-state index contributed by atoms with van der Waals surface area (Å²) in [6.07, 6.45) is 1.91. The summed E-state index contributed by atoms with van der Waals surface area (Å²) in [7, 11) is 0. The Kier molecular flexibility index (Phi) is 4.87. The van der Waals surface area contributed by atoms with Crippen molar-refractivity contribution in [2.45, 2.75) is 25.8 Å².